The normalized spacial score (nSPS) is 14.4. The Hall–Kier alpha value is -3.13. The SMILES string of the molecule is Cc1ccc(Nc2cnc3ccc(Nc4nnc(C5CCCC5)s4)nc3c2)cn1. The molecule has 1 saturated carbocycles. The molecule has 1 aliphatic rings. The fourth-order valence-electron chi connectivity index (χ4n) is 3.59. The molecule has 7 nitrogen and oxygen atoms in total. The lowest BCUT2D eigenvalue weighted by Crippen LogP contribution is -1.96. The smallest absolute Gasteiger partial charge is 0.211 e. The average molecular weight is 404 g/mol. The van der Waals surface area contributed by atoms with E-state index in [-0.39, 0.29) is 0 Å². The Morgan fingerprint density at radius 1 is 0.897 bits per heavy atom. The minimum Gasteiger partial charge on any atom is -0.353 e. The highest BCUT2D eigenvalue weighted by atomic mass is 32.1. The topological polar surface area (TPSA) is 88.5 Å². The monoisotopic (exact) mass is 403 g/mol. The third-order valence-corrected chi connectivity index (χ3v) is 6.12. The molecule has 0 saturated heterocycles. The summed E-state index contributed by atoms with van der Waals surface area (Å²) in [5.74, 6) is 1.31. The van der Waals surface area contributed by atoms with Gasteiger partial charge in [-0.05, 0) is 50.1 Å². The van der Waals surface area contributed by atoms with Crippen molar-refractivity contribution in [2.45, 2.75) is 38.5 Å². The lowest BCUT2D eigenvalue weighted by atomic mass is 10.1. The molecule has 2 N–H and O–H groups in total. The van der Waals surface area contributed by atoms with Crippen LogP contribution < -0.4 is 10.6 Å². The van der Waals surface area contributed by atoms with Crippen LogP contribution >= 0.6 is 11.3 Å². The van der Waals surface area contributed by atoms with Crippen LogP contribution in [0.2, 0.25) is 0 Å². The van der Waals surface area contributed by atoms with Crippen LogP contribution in [0.15, 0.2) is 42.7 Å². The van der Waals surface area contributed by atoms with Crippen molar-refractivity contribution in [1.29, 1.82) is 0 Å². The zero-order valence-electron chi connectivity index (χ0n) is 16.1. The molecule has 8 heteroatoms. The summed E-state index contributed by atoms with van der Waals surface area (Å²) in [5, 5.41) is 17.2. The largest absolute Gasteiger partial charge is 0.353 e. The second-order valence-corrected chi connectivity index (χ2v) is 8.33. The van der Waals surface area contributed by atoms with E-state index < -0.39 is 0 Å². The molecule has 4 aromatic rings. The summed E-state index contributed by atoms with van der Waals surface area (Å²) < 4.78 is 0. The van der Waals surface area contributed by atoms with Crippen LogP contribution in [0.3, 0.4) is 0 Å². The van der Waals surface area contributed by atoms with Crippen LogP contribution in [0, 0.1) is 6.92 Å². The van der Waals surface area contributed by atoms with E-state index in [4.69, 9.17) is 4.98 Å². The average Bonchev–Trinajstić information content (AvgIpc) is 3.41. The zero-order valence-corrected chi connectivity index (χ0v) is 16.9. The summed E-state index contributed by atoms with van der Waals surface area (Å²) in [4.78, 5) is 13.5. The van der Waals surface area contributed by atoms with Gasteiger partial charge in [0.25, 0.3) is 0 Å². The van der Waals surface area contributed by atoms with Crippen molar-refractivity contribution in [3.63, 3.8) is 0 Å². The van der Waals surface area contributed by atoms with Gasteiger partial charge in [-0.3, -0.25) is 9.97 Å². The van der Waals surface area contributed by atoms with Crippen LogP contribution in [-0.4, -0.2) is 25.1 Å². The molecule has 0 bridgehead atoms. The molecule has 5 rings (SSSR count). The number of anilines is 4. The molecule has 0 radical (unpaired) electrons. The first-order valence-corrected chi connectivity index (χ1v) is 10.6. The van der Waals surface area contributed by atoms with Crippen molar-refractivity contribution in [1.82, 2.24) is 25.1 Å². The lowest BCUT2D eigenvalue weighted by molar-refractivity contribution is 0.705. The summed E-state index contributed by atoms with van der Waals surface area (Å²) >= 11 is 1.63. The summed E-state index contributed by atoms with van der Waals surface area (Å²) in [6, 6.07) is 9.83. The maximum Gasteiger partial charge on any atom is 0.211 e. The van der Waals surface area contributed by atoms with E-state index in [1.54, 1.807) is 17.5 Å². The minimum atomic E-state index is 0.571. The van der Waals surface area contributed by atoms with Crippen molar-refractivity contribution >= 4 is 44.7 Å². The third kappa shape index (κ3) is 4.02. The number of hydrogen-bond donors (Lipinski definition) is 2. The van der Waals surface area contributed by atoms with Crippen LogP contribution in [0.1, 0.15) is 42.3 Å². The number of nitrogens with one attached hydrogen (secondary N) is 2. The van der Waals surface area contributed by atoms with Gasteiger partial charge in [0.15, 0.2) is 0 Å². The molecule has 4 heterocycles. The zero-order chi connectivity index (χ0) is 19.6. The van der Waals surface area contributed by atoms with E-state index in [9.17, 15) is 0 Å². The maximum atomic E-state index is 4.70. The highest BCUT2D eigenvalue weighted by molar-refractivity contribution is 7.15. The van der Waals surface area contributed by atoms with Gasteiger partial charge in [-0.15, -0.1) is 10.2 Å². The summed E-state index contributed by atoms with van der Waals surface area (Å²) in [7, 11) is 0. The molecule has 29 heavy (non-hydrogen) atoms. The Kier molecular flexibility index (Phi) is 4.77. The number of pyridine rings is 3. The molecule has 0 unspecified atom stereocenters. The molecular formula is C21H21N7S. The van der Waals surface area contributed by atoms with Crippen LogP contribution in [0.5, 0.6) is 0 Å². The molecule has 0 aromatic carbocycles. The first-order chi connectivity index (χ1) is 14.2. The van der Waals surface area contributed by atoms with Gasteiger partial charge in [0.2, 0.25) is 5.13 Å². The van der Waals surface area contributed by atoms with Crippen LogP contribution in [0.25, 0.3) is 11.0 Å². The number of nitrogens with zero attached hydrogens (tertiary/aromatic N) is 5. The molecule has 146 valence electrons. The fraction of sp³-hybridized carbons (Fsp3) is 0.286. The quantitative estimate of drug-likeness (QED) is 0.465. The molecule has 0 aliphatic heterocycles. The second kappa shape index (κ2) is 7.71. The second-order valence-electron chi connectivity index (χ2n) is 7.32. The van der Waals surface area contributed by atoms with Crippen molar-refractivity contribution in [2.75, 3.05) is 10.6 Å². The Bertz CT molecular complexity index is 1130. The molecular weight excluding hydrogens is 382 g/mol. The maximum absolute atomic E-state index is 4.70. The summed E-state index contributed by atoms with van der Waals surface area (Å²) in [6.07, 6.45) is 8.64. The Balaban J connectivity index is 1.35. The predicted octanol–water partition coefficient (Wildman–Crippen LogP) is 5.33. The van der Waals surface area contributed by atoms with E-state index in [1.165, 1.54) is 25.7 Å². The van der Waals surface area contributed by atoms with Gasteiger partial charge < -0.3 is 10.6 Å². The molecule has 0 atom stereocenters. The molecule has 1 fully saturated rings. The van der Waals surface area contributed by atoms with Gasteiger partial charge in [0, 0.05) is 11.6 Å². The van der Waals surface area contributed by atoms with Crippen molar-refractivity contribution < 1.29 is 0 Å². The predicted molar refractivity (Wildman–Crippen MR) is 116 cm³/mol. The number of hydrogen-bond acceptors (Lipinski definition) is 8. The van der Waals surface area contributed by atoms with Gasteiger partial charge in [-0.2, -0.15) is 0 Å². The van der Waals surface area contributed by atoms with Crippen molar-refractivity contribution in [2.24, 2.45) is 0 Å². The molecule has 0 spiro atoms. The van der Waals surface area contributed by atoms with Crippen LogP contribution in [-0.2, 0) is 0 Å². The first kappa shape index (κ1) is 17.9. The lowest BCUT2D eigenvalue weighted by Gasteiger charge is -2.08. The first-order valence-electron chi connectivity index (χ1n) is 9.80. The van der Waals surface area contributed by atoms with Gasteiger partial charge in [-0.1, -0.05) is 24.2 Å². The van der Waals surface area contributed by atoms with Crippen molar-refractivity contribution in [3.8, 4) is 0 Å². The Morgan fingerprint density at radius 2 is 1.76 bits per heavy atom. The number of rotatable bonds is 5. The van der Waals surface area contributed by atoms with E-state index in [0.717, 1.165) is 44.1 Å². The fourth-order valence-corrected chi connectivity index (χ4v) is 4.50. The Morgan fingerprint density at radius 3 is 2.59 bits per heavy atom. The van der Waals surface area contributed by atoms with E-state index in [2.05, 4.69) is 30.8 Å². The van der Waals surface area contributed by atoms with Gasteiger partial charge in [0.1, 0.15) is 10.8 Å². The van der Waals surface area contributed by atoms with E-state index >= 15 is 0 Å². The standard InChI is InChI=1S/C21H21N7S/c1-13-6-7-15(11-22-13)24-16-10-18-17(23-12-16)8-9-19(25-18)26-21-28-27-20(29-21)14-4-2-3-5-14/h6-12,14,24H,2-5H2,1H3,(H,25,26,28). The third-order valence-electron chi connectivity index (χ3n) is 5.12. The number of fused-ring (bicyclic) bond motifs is 1. The van der Waals surface area contributed by atoms with E-state index in [1.807, 2.05) is 43.5 Å². The molecule has 0 amide bonds. The number of aryl methyl sites for hydroxylation is 1. The van der Waals surface area contributed by atoms with E-state index in [0.29, 0.717) is 5.92 Å². The summed E-state index contributed by atoms with van der Waals surface area (Å²) in [5.41, 5.74) is 4.41. The minimum absolute atomic E-state index is 0.571. The van der Waals surface area contributed by atoms with Crippen molar-refractivity contribution in [3.05, 3.63) is 53.4 Å². The molecule has 4 aromatic heterocycles. The molecule has 1 aliphatic carbocycles. The number of aromatic nitrogens is 5. The van der Waals surface area contributed by atoms with Gasteiger partial charge in [-0.25, -0.2) is 4.98 Å². The summed E-state index contributed by atoms with van der Waals surface area (Å²) in [6.45, 7) is 1.97. The Labute approximate surface area is 172 Å². The van der Waals surface area contributed by atoms with Crippen LogP contribution in [0.4, 0.5) is 22.3 Å². The van der Waals surface area contributed by atoms with Gasteiger partial charge >= 0.3 is 0 Å². The highest BCUT2D eigenvalue weighted by Gasteiger charge is 2.21. The highest BCUT2D eigenvalue weighted by Crippen LogP contribution is 2.37. The van der Waals surface area contributed by atoms with Gasteiger partial charge in [0.05, 0.1) is 34.8 Å².